The first kappa shape index (κ1) is 97.1. The van der Waals surface area contributed by atoms with Crippen LogP contribution in [0, 0.1) is 11.8 Å². The van der Waals surface area contributed by atoms with Crippen molar-refractivity contribution in [3.63, 3.8) is 0 Å². The van der Waals surface area contributed by atoms with E-state index >= 15 is 0 Å². The fourth-order valence-corrected chi connectivity index (χ4v) is 13.9. The van der Waals surface area contributed by atoms with Gasteiger partial charge in [-0.05, 0) is 37.5 Å². The molecule has 0 spiro atoms. The molecule has 0 aromatic carbocycles. The number of aliphatic hydroxyl groups is 1. The number of phosphoric ester groups is 2. The number of carbonyl (C=O) groups is 4. The van der Waals surface area contributed by atoms with E-state index in [-0.39, 0.29) is 25.7 Å². The highest BCUT2D eigenvalue weighted by molar-refractivity contribution is 7.47. The Morgan fingerprint density at radius 1 is 0.273 bits per heavy atom. The fraction of sp³-hybridized carbons (Fsp3) is 0.950. The van der Waals surface area contributed by atoms with Crippen LogP contribution in [0.5, 0.6) is 0 Å². The molecule has 0 aromatic heterocycles. The summed E-state index contributed by atoms with van der Waals surface area (Å²) in [5.41, 5.74) is 0. The van der Waals surface area contributed by atoms with Crippen molar-refractivity contribution in [2.75, 3.05) is 39.6 Å². The zero-order valence-electron chi connectivity index (χ0n) is 64.8. The van der Waals surface area contributed by atoms with Gasteiger partial charge in [0, 0.05) is 25.7 Å². The molecule has 0 saturated carbocycles. The summed E-state index contributed by atoms with van der Waals surface area (Å²) in [6.45, 7) is 9.68. The van der Waals surface area contributed by atoms with Crippen molar-refractivity contribution in [3.8, 4) is 0 Å². The summed E-state index contributed by atoms with van der Waals surface area (Å²) in [6.07, 6.45) is 61.0. The van der Waals surface area contributed by atoms with E-state index in [0.717, 1.165) is 102 Å². The fourth-order valence-electron chi connectivity index (χ4n) is 12.4. The van der Waals surface area contributed by atoms with Crippen LogP contribution in [0.2, 0.25) is 0 Å². The molecule has 0 aliphatic heterocycles. The topological polar surface area (TPSA) is 237 Å². The molecule has 17 nitrogen and oxygen atoms in total. The molecule has 99 heavy (non-hydrogen) atoms. The summed E-state index contributed by atoms with van der Waals surface area (Å²) in [4.78, 5) is 72.9. The van der Waals surface area contributed by atoms with Crippen molar-refractivity contribution >= 4 is 39.5 Å². The van der Waals surface area contributed by atoms with E-state index in [2.05, 4.69) is 41.5 Å². The standard InChI is InChI=1S/C80H156O17P2/c1-7-9-11-13-15-17-19-33-40-46-52-58-64-79(84)96-75(68-90-77(82)62-56-50-44-38-18-16-14-12-10-8-2)70-94-98(86,87)92-66-74(81)67-93-99(88,89)95-71-76(69-91-78(83)63-57-51-45-39-34-29-26-22-24-28-32-37-43-49-55-61-73(5)6)97-80(85)65-59-53-47-41-35-30-25-21-20-23-27-31-36-42-48-54-60-72(3)4/h72-76,81H,7-71H2,1-6H3,(H,86,87)(H,88,89)/t74-,75+,76+/m0/s1. The highest BCUT2D eigenvalue weighted by atomic mass is 31.2. The van der Waals surface area contributed by atoms with Gasteiger partial charge in [0.15, 0.2) is 12.2 Å². The average molecular weight is 1450 g/mol. The van der Waals surface area contributed by atoms with Gasteiger partial charge in [0.05, 0.1) is 26.4 Å². The molecule has 3 N–H and O–H groups in total. The number of ether oxygens (including phenoxy) is 4. The maximum absolute atomic E-state index is 13.1. The van der Waals surface area contributed by atoms with Gasteiger partial charge in [-0.25, -0.2) is 9.13 Å². The van der Waals surface area contributed by atoms with Gasteiger partial charge in [0.2, 0.25) is 0 Å². The van der Waals surface area contributed by atoms with Crippen molar-refractivity contribution < 1.29 is 80.2 Å². The Labute approximate surface area is 607 Å². The number of phosphoric acid groups is 2. The monoisotopic (exact) mass is 1450 g/mol. The van der Waals surface area contributed by atoms with Gasteiger partial charge >= 0.3 is 39.5 Å². The molecular weight excluding hydrogens is 1290 g/mol. The third-order valence-corrected chi connectivity index (χ3v) is 20.6. The Morgan fingerprint density at radius 2 is 0.465 bits per heavy atom. The lowest BCUT2D eigenvalue weighted by atomic mass is 10.0. The van der Waals surface area contributed by atoms with Crippen molar-refractivity contribution in [2.24, 2.45) is 11.8 Å². The highest BCUT2D eigenvalue weighted by Gasteiger charge is 2.30. The lowest BCUT2D eigenvalue weighted by Crippen LogP contribution is -2.30. The molecule has 0 saturated heterocycles. The number of aliphatic hydroxyl groups excluding tert-OH is 1. The van der Waals surface area contributed by atoms with Crippen molar-refractivity contribution in [1.29, 1.82) is 0 Å². The lowest BCUT2D eigenvalue weighted by molar-refractivity contribution is -0.161. The molecule has 2 unspecified atom stereocenters. The van der Waals surface area contributed by atoms with Gasteiger partial charge < -0.3 is 33.8 Å². The molecule has 0 bridgehead atoms. The van der Waals surface area contributed by atoms with Crippen LogP contribution in [0.25, 0.3) is 0 Å². The van der Waals surface area contributed by atoms with E-state index in [4.69, 9.17) is 37.0 Å². The average Bonchev–Trinajstić information content (AvgIpc) is 1.03. The lowest BCUT2D eigenvalue weighted by Gasteiger charge is -2.21. The Balaban J connectivity index is 5.22. The van der Waals surface area contributed by atoms with Crippen LogP contribution in [0.3, 0.4) is 0 Å². The van der Waals surface area contributed by atoms with Crippen molar-refractivity contribution in [1.82, 2.24) is 0 Å². The normalized spacial score (nSPS) is 13.9. The number of unbranched alkanes of at least 4 members (excludes halogenated alkanes) is 49. The summed E-state index contributed by atoms with van der Waals surface area (Å²) < 4.78 is 68.6. The first-order chi connectivity index (χ1) is 47.9. The minimum absolute atomic E-state index is 0.108. The maximum Gasteiger partial charge on any atom is 0.472 e. The number of esters is 4. The Morgan fingerprint density at radius 3 is 0.687 bits per heavy atom. The quantitative estimate of drug-likeness (QED) is 0.0222. The predicted molar refractivity (Wildman–Crippen MR) is 405 cm³/mol. The Bertz CT molecular complexity index is 1910. The van der Waals surface area contributed by atoms with Crippen LogP contribution in [0.4, 0.5) is 0 Å². The van der Waals surface area contributed by atoms with E-state index in [0.29, 0.717) is 25.7 Å². The van der Waals surface area contributed by atoms with Gasteiger partial charge in [0.1, 0.15) is 19.3 Å². The zero-order valence-corrected chi connectivity index (χ0v) is 66.6. The van der Waals surface area contributed by atoms with Crippen LogP contribution < -0.4 is 0 Å². The van der Waals surface area contributed by atoms with Crippen molar-refractivity contribution in [2.45, 2.75) is 439 Å². The first-order valence-electron chi connectivity index (χ1n) is 41.5. The van der Waals surface area contributed by atoms with Crippen LogP contribution in [0.1, 0.15) is 420 Å². The minimum Gasteiger partial charge on any atom is -0.462 e. The van der Waals surface area contributed by atoms with Crippen LogP contribution in [-0.4, -0.2) is 96.7 Å². The summed E-state index contributed by atoms with van der Waals surface area (Å²) in [7, 11) is -9.91. The third kappa shape index (κ3) is 74.1. The van der Waals surface area contributed by atoms with Crippen LogP contribution >= 0.6 is 15.6 Å². The highest BCUT2D eigenvalue weighted by Crippen LogP contribution is 2.45. The molecule has 0 amide bonds. The summed E-state index contributed by atoms with van der Waals surface area (Å²) >= 11 is 0. The van der Waals surface area contributed by atoms with E-state index in [1.807, 2.05) is 0 Å². The molecular formula is C80H156O17P2. The zero-order chi connectivity index (χ0) is 72.8. The number of carbonyl (C=O) groups excluding carboxylic acids is 4. The van der Waals surface area contributed by atoms with Crippen molar-refractivity contribution in [3.05, 3.63) is 0 Å². The van der Waals surface area contributed by atoms with Gasteiger partial charge in [0.25, 0.3) is 0 Å². The predicted octanol–water partition coefficient (Wildman–Crippen LogP) is 23.9. The SMILES string of the molecule is CCCCCCCCCCCCCCC(=O)O[C@H](COC(=O)CCCCCCCCCCCC)COP(=O)(O)OC[C@H](O)COP(=O)(O)OC[C@@H](COC(=O)CCCCCCCCCCCCCCCCCC(C)C)OC(=O)CCCCCCCCCCCCCCCCCCC(C)C. The number of hydrogen-bond donors (Lipinski definition) is 3. The third-order valence-electron chi connectivity index (χ3n) is 18.7. The Hall–Kier alpha value is -1.94. The molecule has 0 aliphatic rings. The van der Waals surface area contributed by atoms with Gasteiger partial charge in [-0.2, -0.15) is 0 Å². The second-order valence-corrected chi connectivity index (χ2v) is 32.7. The van der Waals surface area contributed by atoms with E-state index in [1.54, 1.807) is 0 Å². The summed E-state index contributed by atoms with van der Waals surface area (Å²) in [5.74, 6) is -0.493. The van der Waals surface area contributed by atoms with Gasteiger partial charge in [-0.3, -0.25) is 37.3 Å². The largest absolute Gasteiger partial charge is 0.472 e. The molecule has 588 valence electrons. The molecule has 0 heterocycles. The molecule has 5 atom stereocenters. The van der Waals surface area contributed by atoms with Crippen LogP contribution in [-0.2, 0) is 65.4 Å². The van der Waals surface area contributed by atoms with E-state index in [9.17, 15) is 43.2 Å². The number of hydrogen-bond acceptors (Lipinski definition) is 15. The molecule has 0 aliphatic carbocycles. The molecule has 0 fully saturated rings. The minimum atomic E-state index is -4.96. The van der Waals surface area contributed by atoms with E-state index < -0.39 is 97.5 Å². The smallest absolute Gasteiger partial charge is 0.462 e. The number of rotatable bonds is 79. The summed E-state index contributed by atoms with van der Waals surface area (Å²) in [5, 5.41) is 10.6. The molecule has 0 rings (SSSR count). The maximum atomic E-state index is 13.1. The Kier molecular flexibility index (Phi) is 70.3. The second-order valence-electron chi connectivity index (χ2n) is 29.8. The van der Waals surface area contributed by atoms with Gasteiger partial charge in [-0.1, -0.05) is 369 Å². The van der Waals surface area contributed by atoms with Crippen LogP contribution in [0.15, 0.2) is 0 Å². The second kappa shape index (κ2) is 71.7. The van der Waals surface area contributed by atoms with Gasteiger partial charge in [-0.15, -0.1) is 0 Å². The first-order valence-corrected chi connectivity index (χ1v) is 44.5. The van der Waals surface area contributed by atoms with E-state index in [1.165, 1.54) is 238 Å². The molecule has 0 aromatic rings. The summed E-state index contributed by atoms with van der Waals surface area (Å²) in [6, 6.07) is 0. The molecule has 19 heteroatoms. The molecule has 0 radical (unpaired) electrons.